The van der Waals surface area contributed by atoms with Crippen molar-refractivity contribution in [3.8, 4) is 0 Å². The van der Waals surface area contributed by atoms with Crippen molar-refractivity contribution in [2.24, 2.45) is 5.92 Å². The standard InChI is InChI=1S/C16H19ClFNO3/c17-14-10-13(18)4-3-12(14)9-15(20)19-6-1-2-11(5-7-19)8-16(21)22/h3-4,10-11H,1-2,5-9H2,(H,21,22). The molecule has 6 heteroatoms. The number of likely N-dealkylation sites (tertiary alicyclic amines) is 1. The first-order valence-corrected chi connectivity index (χ1v) is 7.77. The van der Waals surface area contributed by atoms with Crippen molar-refractivity contribution in [1.29, 1.82) is 0 Å². The predicted molar refractivity (Wildman–Crippen MR) is 81.3 cm³/mol. The van der Waals surface area contributed by atoms with E-state index in [2.05, 4.69) is 0 Å². The monoisotopic (exact) mass is 327 g/mol. The lowest BCUT2D eigenvalue weighted by Gasteiger charge is -2.21. The number of halogens is 2. The summed E-state index contributed by atoms with van der Waals surface area (Å²) in [6, 6.07) is 4.02. The van der Waals surface area contributed by atoms with Gasteiger partial charge < -0.3 is 10.0 Å². The van der Waals surface area contributed by atoms with E-state index >= 15 is 0 Å². The Morgan fingerprint density at radius 1 is 1.32 bits per heavy atom. The molecule has 1 aromatic carbocycles. The molecule has 2 rings (SSSR count). The van der Waals surface area contributed by atoms with E-state index in [-0.39, 0.29) is 29.7 Å². The van der Waals surface area contributed by atoms with Gasteiger partial charge in [0.05, 0.1) is 6.42 Å². The lowest BCUT2D eigenvalue weighted by Crippen LogP contribution is -2.33. The van der Waals surface area contributed by atoms with Gasteiger partial charge in [0.15, 0.2) is 0 Å². The van der Waals surface area contributed by atoms with Crippen LogP contribution < -0.4 is 0 Å². The number of hydrogen-bond acceptors (Lipinski definition) is 2. The Morgan fingerprint density at radius 2 is 2.09 bits per heavy atom. The van der Waals surface area contributed by atoms with Crippen LogP contribution in [0.15, 0.2) is 18.2 Å². The molecule has 1 aliphatic heterocycles. The van der Waals surface area contributed by atoms with Crippen molar-refractivity contribution in [1.82, 2.24) is 4.90 Å². The first-order chi connectivity index (χ1) is 10.5. The summed E-state index contributed by atoms with van der Waals surface area (Å²) in [5.74, 6) is -1.13. The lowest BCUT2D eigenvalue weighted by molar-refractivity contribution is -0.138. The van der Waals surface area contributed by atoms with E-state index in [1.807, 2.05) is 0 Å². The molecule has 1 heterocycles. The lowest BCUT2D eigenvalue weighted by atomic mass is 9.97. The van der Waals surface area contributed by atoms with E-state index in [1.165, 1.54) is 18.2 Å². The Labute approximate surface area is 133 Å². The van der Waals surface area contributed by atoms with Crippen LogP contribution in [-0.2, 0) is 16.0 Å². The van der Waals surface area contributed by atoms with Gasteiger partial charge in [-0.3, -0.25) is 9.59 Å². The number of benzene rings is 1. The van der Waals surface area contributed by atoms with Gasteiger partial charge >= 0.3 is 5.97 Å². The molecule has 0 aromatic heterocycles. The van der Waals surface area contributed by atoms with Gasteiger partial charge in [-0.25, -0.2) is 4.39 Å². The molecule has 1 saturated heterocycles. The largest absolute Gasteiger partial charge is 0.481 e. The molecule has 0 radical (unpaired) electrons. The summed E-state index contributed by atoms with van der Waals surface area (Å²) in [5, 5.41) is 9.11. The summed E-state index contributed by atoms with van der Waals surface area (Å²) in [6.45, 7) is 1.20. The van der Waals surface area contributed by atoms with Gasteiger partial charge in [0.25, 0.3) is 0 Å². The number of amides is 1. The van der Waals surface area contributed by atoms with Gasteiger partial charge in [0.1, 0.15) is 5.82 Å². The second kappa shape index (κ2) is 7.58. The SMILES string of the molecule is O=C(O)CC1CCCN(C(=O)Cc2ccc(F)cc2Cl)CC1. The Kier molecular flexibility index (Phi) is 5.77. The Bertz CT molecular complexity index is 564. The van der Waals surface area contributed by atoms with Crippen molar-refractivity contribution < 1.29 is 19.1 Å². The number of carboxylic acid groups (broad SMARTS) is 1. The maximum atomic E-state index is 13.0. The highest BCUT2D eigenvalue weighted by Crippen LogP contribution is 2.22. The van der Waals surface area contributed by atoms with E-state index in [0.29, 0.717) is 25.1 Å². The van der Waals surface area contributed by atoms with Gasteiger partial charge in [0.2, 0.25) is 5.91 Å². The molecule has 0 bridgehead atoms. The van der Waals surface area contributed by atoms with Gasteiger partial charge in [-0.05, 0) is 42.9 Å². The fourth-order valence-electron chi connectivity index (χ4n) is 2.81. The number of rotatable bonds is 4. The molecule has 0 aliphatic carbocycles. The minimum atomic E-state index is -0.789. The van der Waals surface area contributed by atoms with E-state index < -0.39 is 11.8 Å². The highest BCUT2D eigenvalue weighted by molar-refractivity contribution is 6.31. The molecule has 1 atom stereocenters. The number of nitrogens with zero attached hydrogens (tertiary/aromatic N) is 1. The average molecular weight is 328 g/mol. The van der Waals surface area contributed by atoms with Crippen molar-refractivity contribution in [3.05, 3.63) is 34.6 Å². The summed E-state index contributed by atoms with van der Waals surface area (Å²) in [6.07, 6.45) is 2.64. The molecule has 0 saturated carbocycles. The van der Waals surface area contributed by atoms with E-state index in [1.54, 1.807) is 4.90 Å². The minimum absolute atomic E-state index is 0.0514. The fourth-order valence-corrected chi connectivity index (χ4v) is 3.04. The summed E-state index contributed by atoms with van der Waals surface area (Å²) in [4.78, 5) is 24.9. The van der Waals surface area contributed by atoms with E-state index in [9.17, 15) is 14.0 Å². The van der Waals surface area contributed by atoms with Crippen LogP contribution in [-0.4, -0.2) is 35.0 Å². The second-order valence-electron chi connectivity index (χ2n) is 5.69. The van der Waals surface area contributed by atoms with Crippen LogP contribution in [0.5, 0.6) is 0 Å². The van der Waals surface area contributed by atoms with E-state index in [0.717, 1.165) is 12.8 Å². The van der Waals surface area contributed by atoms with Crippen LogP contribution >= 0.6 is 11.6 Å². The molecule has 120 valence electrons. The van der Waals surface area contributed by atoms with Crippen molar-refractivity contribution in [3.63, 3.8) is 0 Å². The van der Waals surface area contributed by atoms with Crippen molar-refractivity contribution in [2.75, 3.05) is 13.1 Å². The van der Waals surface area contributed by atoms with Gasteiger partial charge in [-0.2, -0.15) is 0 Å². The summed E-state index contributed by atoms with van der Waals surface area (Å²) in [5.41, 5.74) is 0.611. The minimum Gasteiger partial charge on any atom is -0.481 e. The molecule has 0 spiro atoms. The summed E-state index contributed by atoms with van der Waals surface area (Å²) >= 11 is 5.95. The van der Waals surface area contributed by atoms with Gasteiger partial charge in [0, 0.05) is 24.5 Å². The van der Waals surface area contributed by atoms with Crippen LogP contribution in [0.2, 0.25) is 5.02 Å². The molecule has 22 heavy (non-hydrogen) atoms. The summed E-state index contributed by atoms with van der Waals surface area (Å²) < 4.78 is 13.0. The zero-order valence-electron chi connectivity index (χ0n) is 12.2. The molecular formula is C16H19ClFNO3. The normalized spacial score (nSPS) is 18.8. The Balaban J connectivity index is 1.93. The third-order valence-corrected chi connectivity index (χ3v) is 4.37. The highest BCUT2D eigenvalue weighted by Gasteiger charge is 2.22. The molecule has 4 nitrogen and oxygen atoms in total. The molecular weight excluding hydrogens is 309 g/mol. The van der Waals surface area contributed by atoms with Gasteiger partial charge in [-0.1, -0.05) is 17.7 Å². The zero-order valence-corrected chi connectivity index (χ0v) is 13.0. The Hall–Kier alpha value is -1.62. The first kappa shape index (κ1) is 16.7. The third-order valence-electron chi connectivity index (χ3n) is 4.02. The molecule has 1 aromatic rings. The number of carbonyl (C=O) groups excluding carboxylic acids is 1. The second-order valence-corrected chi connectivity index (χ2v) is 6.10. The van der Waals surface area contributed by atoms with Crippen LogP contribution in [0.1, 0.15) is 31.2 Å². The fraction of sp³-hybridized carbons (Fsp3) is 0.500. The molecule has 1 unspecified atom stereocenters. The number of hydrogen-bond donors (Lipinski definition) is 1. The van der Waals surface area contributed by atoms with Crippen LogP contribution in [0.3, 0.4) is 0 Å². The molecule has 1 N–H and O–H groups in total. The van der Waals surface area contributed by atoms with Crippen molar-refractivity contribution in [2.45, 2.75) is 32.1 Å². The summed E-state index contributed by atoms with van der Waals surface area (Å²) in [7, 11) is 0. The Morgan fingerprint density at radius 3 is 2.77 bits per heavy atom. The van der Waals surface area contributed by atoms with E-state index in [4.69, 9.17) is 16.7 Å². The van der Waals surface area contributed by atoms with Crippen LogP contribution in [0.4, 0.5) is 4.39 Å². The number of carboxylic acids is 1. The average Bonchev–Trinajstić information content (AvgIpc) is 2.67. The third kappa shape index (κ3) is 4.70. The van der Waals surface area contributed by atoms with Crippen LogP contribution in [0.25, 0.3) is 0 Å². The van der Waals surface area contributed by atoms with Crippen molar-refractivity contribution >= 4 is 23.5 Å². The topological polar surface area (TPSA) is 57.6 Å². The molecule has 1 fully saturated rings. The number of carbonyl (C=O) groups is 2. The van der Waals surface area contributed by atoms with Crippen LogP contribution in [0, 0.1) is 11.7 Å². The smallest absolute Gasteiger partial charge is 0.303 e. The van der Waals surface area contributed by atoms with Gasteiger partial charge in [-0.15, -0.1) is 0 Å². The molecule has 1 aliphatic rings. The maximum Gasteiger partial charge on any atom is 0.303 e. The predicted octanol–water partition coefficient (Wildman–Crippen LogP) is 3.13. The first-order valence-electron chi connectivity index (χ1n) is 7.39. The maximum absolute atomic E-state index is 13.0. The quantitative estimate of drug-likeness (QED) is 0.924. The zero-order chi connectivity index (χ0) is 16.1. The molecule has 1 amide bonds. The number of aliphatic carboxylic acids is 1. The highest BCUT2D eigenvalue weighted by atomic mass is 35.5.